The highest BCUT2D eigenvalue weighted by molar-refractivity contribution is 5.15. The highest BCUT2D eigenvalue weighted by atomic mass is 16.5. The average Bonchev–Trinajstić information content (AvgIpc) is 2.62. The fourth-order valence-corrected chi connectivity index (χ4v) is 2.30. The van der Waals surface area contributed by atoms with Crippen LogP contribution >= 0.6 is 0 Å². The van der Waals surface area contributed by atoms with Crippen LogP contribution in [-0.4, -0.2) is 7.11 Å². The fourth-order valence-electron chi connectivity index (χ4n) is 2.30. The summed E-state index contributed by atoms with van der Waals surface area (Å²) in [6.45, 7) is 3.92. The van der Waals surface area contributed by atoms with E-state index in [4.69, 9.17) is 4.74 Å². The molecule has 11 heavy (non-hydrogen) atoms. The third-order valence-electron chi connectivity index (χ3n) is 2.95. The van der Waals surface area contributed by atoms with E-state index >= 15 is 0 Å². The number of hydrogen-bond donors (Lipinski definition) is 0. The second-order valence-electron chi connectivity index (χ2n) is 3.56. The Hall–Kier alpha value is -0.720. The van der Waals surface area contributed by atoms with E-state index in [0.717, 1.165) is 17.6 Å². The molecule has 2 bridgehead atoms. The summed E-state index contributed by atoms with van der Waals surface area (Å²) < 4.78 is 5.16. The second-order valence-corrected chi connectivity index (χ2v) is 3.56. The van der Waals surface area contributed by atoms with Crippen molar-refractivity contribution in [2.75, 3.05) is 7.11 Å². The summed E-state index contributed by atoms with van der Waals surface area (Å²) in [5.74, 6) is 3.13. The standard InChI is InChI=1S/C10H14O/c1-7(11-2)10-6-8-3-4-9(10)5-8/h3-4,8-10H,1,5-6H2,2H3/t8-,9+,10-/m1/s1. The highest BCUT2D eigenvalue weighted by Crippen LogP contribution is 2.46. The molecule has 0 saturated heterocycles. The van der Waals surface area contributed by atoms with E-state index in [2.05, 4.69) is 18.7 Å². The average molecular weight is 150 g/mol. The van der Waals surface area contributed by atoms with Crippen molar-refractivity contribution in [1.29, 1.82) is 0 Å². The molecule has 0 aromatic carbocycles. The summed E-state index contributed by atoms with van der Waals surface area (Å²) in [6.07, 6.45) is 7.24. The van der Waals surface area contributed by atoms with Gasteiger partial charge in [-0.15, -0.1) is 0 Å². The molecule has 0 N–H and O–H groups in total. The van der Waals surface area contributed by atoms with Gasteiger partial charge in [0.25, 0.3) is 0 Å². The van der Waals surface area contributed by atoms with Gasteiger partial charge >= 0.3 is 0 Å². The first-order valence-electron chi connectivity index (χ1n) is 4.22. The molecule has 1 fully saturated rings. The highest BCUT2D eigenvalue weighted by Gasteiger charge is 2.37. The first-order valence-corrected chi connectivity index (χ1v) is 4.22. The van der Waals surface area contributed by atoms with Crippen molar-refractivity contribution < 1.29 is 4.74 Å². The Morgan fingerprint density at radius 2 is 2.27 bits per heavy atom. The minimum Gasteiger partial charge on any atom is -0.501 e. The number of fused-ring (bicyclic) bond motifs is 2. The van der Waals surface area contributed by atoms with Crippen molar-refractivity contribution >= 4 is 0 Å². The first-order chi connectivity index (χ1) is 5.31. The van der Waals surface area contributed by atoms with Crippen LogP contribution in [-0.2, 0) is 4.74 Å². The third kappa shape index (κ3) is 0.991. The van der Waals surface area contributed by atoms with Gasteiger partial charge in [-0.05, 0) is 24.7 Å². The van der Waals surface area contributed by atoms with E-state index in [1.54, 1.807) is 7.11 Å². The second kappa shape index (κ2) is 2.40. The van der Waals surface area contributed by atoms with E-state index in [-0.39, 0.29) is 0 Å². The summed E-state index contributed by atoms with van der Waals surface area (Å²) in [5, 5.41) is 0. The Labute approximate surface area is 67.7 Å². The van der Waals surface area contributed by atoms with Gasteiger partial charge in [-0.25, -0.2) is 0 Å². The van der Waals surface area contributed by atoms with Crippen LogP contribution in [0.2, 0.25) is 0 Å². The molecule has 0 radical (unpaired) electrons. The van der Waals surface area contributed by atoms with Crippen molar-refractivity contribution in [3.8, 4) is 0 Å². The van der Waals surface area contributed by atoms with Crippen LogP contribution in [0.3, 0.4) is 0 Å². The molecule has 0 aliphatic heterocycles. The topological polar surface area (TPSA) is 9.23 Å². The minimum absolute atomic E-state index is 0.606. The van der Waals surface area contributed by atoms with Gasteiger partial charge in [0.15, 0.2) is 0 Å². The van der Waals surface area contributed by atoms with Crippen LogP contribution in [0.25, 0.3) is 0 Å². The van der Waals surface area contributed by atoms with Crippen LogP contribution in [0.5, 0.6) is 0 Å². The summed E-state index contributed by atoms with van der Waals surface area (Å²) in [6, 6.07) is 0. The Kier molecular flexibility index (Phi) is 1.52. The minimum atomic E-state index is 0.606. The van der Waals surface area contributed by atoms with Crippen molar-refractivity contribution in [2.45, 2.75) is 12.8 Å². The van der Waals surface area contributed by atoms with Crippen molar-refractivity contribution in [3.05, 3.63) is 24.5 Å². The molecule has 1 saturated carbocycles. The Balaban J connectivity index is 2.08. The third-order valence-corrected chi connectivity index (χ3v) is 2.95. The molecule has 0 unspecified atom stereocenters. The maximum atomic E-state index is 5.16. The molecule has 0 aromatic rings. The Bertz CT molecular complexity index is 205. The fraction of sp³-hybridized carbons (Fsp3) is 0.600. The lowest BCUT2D eigenvalue weighted by Crippen LogP contribution is -2.10. The van der Waals surface area contributed by atoms with Crippen molar-refractivity contribution in [1.82, 2.24) is 0 Å². The van der Waals surface area contributed by atoms with Crippen LogP contribution < -0.4 is 0 Å². The van der Waals surface area contributed by atoms with E-state index in [9.17, 15) is 0 Å². The number of hydrogen-bond acceptors (Lipinski definition) is 1. The summed E-state index contributed by atoms with van der Waals surface area (Å²) in [5.41, 5.74) is 0. The maximum absolute atomic E-state index is 5.16. The Morgan fingerprint density at radius 1 is 1.45 bits per heavy atom. The number of allylic oxidation sites excluding steroid dienone is 3. The predicted molar refractivity (Wildman–Crippen MR) is 45.0 cm³/mol. The molecule has 2 aliphatic carbocycles. The van der Waals surface area contributed by atoms with Gasteiger partial charge < -0.3 is 4.74 Å². The Morgan fingerprint density at radius 3 is 2.73 bits per heavy atom. The molecular formula is C10H14O. The van der Waals surface area contributed by atoms with E-state index in [1.807, 2.05) is 0 Å². The molecule has 1 heteroatoms. The van der Waals surface area contributed by atoms with Gasteiger partial charge in [-0.1, -0.05) is 18.7 Å². The normalized spacial score (nSPS) is 39.5. The van der Waals surface area contributed by atoms with E-state index in [1.165, 1.54) is 12.8 Å². The van der Waals surface area contributed by atoms with Crippen molar-refractivity contribution in [3.63, 3.8) is 0 Å². The molecule has 1 nitrogen and oxygen atoms in total. The van der Waals surface area contributed by atoms with Gasteiger partial charge in [-0.3, -0.25) is 0 Å². The quantitative estimate of drug-likeness (QED) is 0.433. The van der Waals surface area contributed by atoms with E-state index < -0.39 is 0 Å². The van der Waals surface area contributed by atoms with Crippen molar-refractivity contribution in [2.24, 2.45) is 17.8 Å². The molecule has 0 heterocycles. The molecule has 60 valence electrons. The monoisotopic (exact) mass is 150 g/mol. The lowest BCUT2D eigenvalue weighted by atomic mass is 9.92. The molecule has 2 rings (SSSR count). The van der Waals surface area contributed by atoms with Crippen LogP contribution in [0.4, 0.5) is 0 Å². The van der Waals surface area contributed by atoms with Gasteiger partial charge in [-0.2, -0.15) is 0 Å². The molecule has 0 spiro atoms. The van der Waals surface area contributed by atoms with Crippen LogP contribution in [0, 0.1) is 17.8 Å². The molecule has 2 aliphatic rings. The summed E-state index contributed by atoms with van der Waals surface area (Å²) in [4.78, 5) is 0. The SMILES string of the molecule is C=C(OC)[C@H]1C[C@@H]2C=C[C@H]1C2. The number of methoxy groups -OCH3 is 1. The van der Waals surface area contributed by atoms with Gasteiger partial charge in [0.2, 0.25) is 0 Å². The predicted octanol–water partition coefficient (Wildman–Crippen LogP) is 2.36. The van der Waals surface area contributed by atoms with E-state index in [0.29, 0.717) is 5.92 Å². The molecule has 3 atom stereocenters. The zero-order valence-corrected chi connectivity index (χ0v) is 6.92. The summed E-state index contributed by atoms with van der Waals surface area (Å²) in [7, 11) is 1.72. The smallest absolute Gasteiger partial charge is 0.0920 e. The van der Waals surface area contributed by atoms with Gasteiger partial charge in [0.1, 0.15) is 0 Å². The molecule has 0 amide bonds. The zero-order valence-electron chi connectivity index (χ0n) is 6.92. The zero-order chi connectivity index (χ0) is 7.84. The lowest BCUT2D eigenvalue weighted by molar-refractivity contribution is 0.229. The first kappa shape index (κ1) is 6.96. The van der Waals surface area contributed by atoms with Crippen LogP contribution in [0.1, 0.15) is 12.8 Å². The number of ether oxygens (including phenoxy) is 1. The number of rotatable bonds is 2. The van der Waals surface area contributed by atoms with Gasteiger partial charge in [0, 0.05) is 5.92 Å². The summed E-state index contributed by atoms with van der Waals surface area (Å²) >= 11 is 0. The van der Waals surface area contributed by atoms with Crippen LogP contribution in [0.15, 0.2) is 24.5 Å². The molecule has 0 aromatic heterocycles. The van der Waals surface area contributed by atoms with Gasteiger partial charge in [0.05, 0.1) is 12.9 Å². The lowest BCUT2D eigenvalue weighted by Gasteiger charge is -2.18. The molecular weight excluding hydrogens is 136 g/mol. The largest absolute Gasteiger partial charge is 0.501 e. The maximum Gasteiger partial charge on any atom is 0.0920 e.